The van der Waals surface area contributed by atoms with Crippen molar-refractivity contribution < 1.29 is 13.2 Å². The molecular weight excluding hydrogens is 265 g/mol. The first-order valence-electron chi connectivity index (χ1n) is 5.82. The van der Waals surface area contributed by atoms with Gasteiger partial charge in [-0.25, -0.2) is 0 Å². The van der Waals surface area contributed by atoms with Gasteiger partial charge in [-0.3, -0.25) is 0 Å². The van der Waals surface area contributed by atoms with Crippen LogP contribution in [0.5, 0.6) is 0 Å². The molecule has 1 aromatic rings. The molecule has 0 aliphatic carbocycles. The Morgan fingerprint density at radius 1 is 1.44 bits per heavy atom. The van der Waals surface area contributed by atoms with E-state index in [1.807, 2.05) is 7.05 Å². The number of aromatic nitrogens is 2. The molecule has 1 aliphatic rings. The molecule has 1 fully saturated rings. The van der Waals surface area contributed by atoms with E-state index in [-0.39, 0.29) is 5.13 Å². The third kappa shape index (κ3) is 3.32. The molecule has 1 saturated heterocycles. The molecule has 1 N–H and O–H groups in total. The molecular formula is C10H15F3N4S. The quantitative estimate of drug-likeness (QED) is 0.923. The van der Waals surface area contributed by atoms with Crippen LogP contribution in [0.15, 0.2) is 0 Å². The Hall–Kier alpha value is -0.890. The third-order valence-electron chi connectivity index (χ3n) is 3.09. The number of nitrogens with one attached hydrogen (secondary N) is 1. The van der Waals surface area contributed by atoms with Crippen LogP contribution in [-0.2, 0) is 6.18 Å². The molecule has 1 atom stereocenters. The molecule has 102 valence electrons. The van der Waals surface area contributed by atoms with Crippen LogP contribution in [0, 0.1) is 0 Å². The fourth-order valence-corrected chi connectivity index (χ4v) is 2.61. The van der Waals surface area contributed by atoms with Gasteiger partial charge in [-0.2, -0.15) is 22.5 Å². The van der Waals surface area contributed by atoms with Crippen molar-refractivity contribution in [3.05, 3.63) is 5.82 Å². The SMILES string of the molecule is CN1CCCCC1CNc1nc(C(F)(F)F)ns1. The zero-order valence-corrected chi connectivity index (χ0v) is 10.8. The van der Waals surface area contributed by atoms with Gasteiger partial charge in [0.15, 0.2) is 0 Å². The lowest BCUT2D eigenvalue weighted by Gasteiger charge is -2.32. The second-order valence-corrected chi connectivity index (χ2v) is 5.18. The molecule has 1 unspecified atom stereocenters. The van der Waals surface area contributed by atoms with E-state index in [0.717, 1.165) is 24.5 Å². The molecule has 0 spiro atoms. The van der Waals surface area contributed by atoms with Gasteiger partial charge in [-0.05, 0) is 26.4 Å². The van der Waals surface area contributed by atoms with Gasteiger partial charge >= 0.3 is 6.18 Å². The summed E-state index contributed by atoms with van der Waals surface area (Å²) < 4.78 is 40.2. The number of rotatable bonds is 3. The average molecular weight is 280 g/mol. The summed E-state index contributed by atoms with van der Waals surface area (Å²) in [6.07, 6.45) is -1.04. The Balaban J connectivity index is 1.88. The lowest BCUT2D eigenvalue weighted by molar-refractivity contribution is -0.144. The number of piperidine rings is 1. The number of alkyl halides is 3. The number of nitrogens with zero attached hydrogens (tertiary/aromatic N) is 3. The van der Waals surface area contributed by atoms with Crippen molar-refractivity contribution in [2.45, 2.75) is 31.5 Å². The van der Waals surface area contributed by atoms with Gasteiger partial charge in [0.1, 0.15) is 0 Å². The van der Waals surface area contributed by atoms with Gasteiger partial charge in [0.05, 0.1) is 0 Å². The van der Waals surface area contributed by atoms with E-state index < -0.39 is 12.0 Å². The lowest BCUT2D eigenvalue weighted by atomic mass is 10.0. The summed E-state index contributed by atoms with van der Waals surface area (Å²) in [6, 6.07) is 0.358. The molecule has 18 heavy (non-hydrogen) atoms. The molecule has 0 aromatic carbocycles. The summed E-state index contributed by atoms with van der Waals surface area (Å²) >= 11 is 0.755. The maximum Gasteiger partial charge on any atom is 0.452 e. The predicted octanol–water partition coefficient (Wildman–Crippen LogP) is 2.45. The van der Waals surface area contributed by atoms with Crippen LogP contribution in [0.4, 0.5) is 18.3 Å². The Kier molecular flexibility index (Phi) is 4.06. The van der Waals surface area contributed by atoms with Crippen LogP contribution in [0.25, 0.3) is 0 Å². The summed E-state index contributed by atoms with van der Waals surface area (Å²) in [7, 11) is 2.03. The van der Waals surface area contributed by atoms with Gasteiger partial charge in [-0.1, -0.05) is 6.42 Å². The van der Waals surface area contributed by atoms with Gasteiger partial charge in [-0.15, -0.1) is 0 Å². The van der Waals surface area contributed by atoms with E-state index in [2.05, 4.69) is 19.6 Å². The summed E-state index contributed by atoms with van der Waals surface area (Å²) in [4.78, 5) is 5.67. The largest absolute Gasteiger partial charge is 0.452 e. The second-order valence-electron chi connectivity index (χ2n) is 4.43. The maximum atomic E-state index is 12.3. The molecule has 1 aliphatic heterocycles. The molecule has 2 heterocycles. The van der Waals surface area contributed by atoms with E-state index in [0.29, 0.717) is 12.6 Å². The minimum Gasteiger partial charge on any atom is -0.359 e. The molecule has 4 nitrogen and oxygen atoms in total. The fraction of sp³-hybridized carbons (Fsp3) is 0.800. The van der Waals surface area contributed by atoms with Gasteiger partial charge in [0.25, 0.3) is 0 Å². The highest BCUT2D eigenvalue weighted by Crippen LogP contribution is 2.29. The molecule has 0 bridgehead atoms. The number of hydrogen-bond acceptors (Lipinski definition) is 5. The monoisotopic (exact) mass is 280 g/mol. The number of likely N-dealkylation sites (tertiary alicyclic amines) is 1. The zero-order chi connectivity index (χ0) is 13.2. The van der Waals surface area contributed by atoms with Gasteiger partial charge < -0.3 is 10.2 Å². The summed E-state index contributed by atoms with van der Waals surface area (Å²) in [6.45, 7) is 1.65. The predicted molar refractivity (Wildman–Crippen MR) is 63.7 cm³/mol. The molecule has 0 radical (unpaired) electrons. The Morgan fingerprint density at radius 2 is 2.22 bits per heavy atom. The van der Waals surface area contributed by atoms with Gasteiger partial charge in [0.2, 0.25) is 11.0 Å². The summed E-state index contributed by atoms with van der Waals surface area (Å²) in [5.41, 5.74) is 0. The van der Waals surface area contributed by atoms with Crippen LogP contribution >= 0.6 is 11.5 Å². The average Bonchev–Trinajstić information content (AvgIpc) is 2.76. The molecule has 1 aromatic heterocycles. The number of halogens is 3. The number of anilines is 1. The highest BCUT2D eigenvalue weighted by atomic mass is 32.1. The first kappa shape index (κ1) is 13.5. The van der Waals surface area contributed by atoms with Crippen molar-refractivity contribution in [2.24, 2.45) is 0 Å². The van der Waals surface area contributed by atoms with E-state index in [1.54, 1.807) is 0 Å². The summed E-state index contributed by atoms with van der Waals surface area (Å²) in [5, 5.41) is 3.18. The molecule has 0 amide bonds. The van der Waals surface area contributed by atoms with Crippen molar-refractivity contribution in [2.75, 3.05) is 25.5 Å². The van der Waals surface area contributed by atoms with Crippen LogP contribution in [0.2, 0.25) is 0 Å². The fourth-order valence-electron chi connectivity index (χ4n) is 2.02. The van der Waals surface area contributed by atoms with Crippen LogP contribution in [0.3, 0.4) is 0 Å². The maximum absolute atomic E-state index is 12.3. The highest BCUT2D eigenvalue weighted by Gasteiger charge is 2.36. The van der Waals surface area contributed by atoms with Crippen molar-refractivity contribution in [1.82, 2.24) is 14.3 Å². The second kappa shape index (κ2) is 5.40. The van der Waals surface area contributed by atoms with E-state index in [9.17, 15) is 13.2 Å². The van der Waals surface area contributed by atoms with Crippen LogP contribution in [-0.4, -0.2) is 40.4 Å². The minimum absolute atomic E-state index is 0.237. The van der Waals surface area contributed by atoms with Gasteiger partial charge in [0, 0.05) is 24.1 Å². The van der Waals surface area contributed by atoms with E-state index in [4.69, 9.17) is 0 Å². The third-order valence-corrected chi connectivity index (χ3v) is 3.76. The zero-order valence-electron chi connectivity index (χ0n) is 10.00. The standard InChI is InChI=1S/C10H15F3N4S/c1-17-5-3-2-4-7(17)6-14-9-15-8(16-18-9)10(11,12)13/h7H,2-6H2,1H3,(H,14,15,16). The summed E-state index contributed by atoms with van der Waals surface area (Å²) in [5.74, 6) is -1.06. The smallest absolute Gasteiger partial charge is 0.359 e. The van der Waals surface area contributed by atoms with E-state index >= 15 is 0 Å². The van der Waals surface area contributed by atoms with Crippen molar-refractivity contribution in [1.29, 1.82) is 0 Å². The van der Waals surface area contributed by atoms with Crippen molar-refractivity contribution >= 4 is 16.7 Å². The number of likely N-dealkylation sites (N-methyl/N-ethyl adjacent to an activating group) is 1. The Morgan fingerprint density at radius 3 is 2.83 bits per heavy atom. The number of hydrogen-bond donors (Lipinski definition) is 1. The Labute approximate surface area is 107 Å². The first-order valence-corrected chi connectivity index (χ1v) is 6.59. The molecule has 8 heteroatoms. The van der Waals surface area contributed by atoms with Crippen LogP contribution < -0.4 is 5.32 Å². The molecule has 0 saturated carbocycles. The first-order chi connectivity index (χ1) is 8.47. The van der Waals surface area contributed by atoms with E-state index in [1.165, 1.54) is 12.8 Å². The lowest BCUT2D eigenvalue weighted by Crippen LogP contribution is -2.40. The van der Waals surface area contributed by atoms with Crippen molar-refractivity contribution in [3.63, 3.8) is 0 Å². The topological polar surface area (TPSA) is 41.0 Å². The highest BCUT2D eigenvalue weighted by molar-refractivity contribution is 7.09. The van der Waals surface area contributed by atoms with Crippen LogP contribution in [0.1, 0.15) is 25.1 Å². The van der Waals surface area contributed by atoms with Crippen molar-refractivity contribution in [3.8, 4) is 0 Å². The minimum atomic E-state index is -4.46. The normalized spacial score (nSPS) is 22.1. The Bertz CT molecular complexity index is 393. The molecule has 2 rings (SSSR count).